The molecule has 1 aliphatic heterocycles. The minimum absolute atomic E-state index is 0.0308. The average molecular weight is 347 g/mol. The smallest absolute Gasteiger partial charge is 0.286 e. The molecule has 1 heterocycles. The summed E-state index contributed by atoms with van der Waals surface area (Å²) in [5.41, 5.74) is 1.87. The Kier molecular flexibility index (Phi) is 4.12. The summed E-state index contributed by atoms with van der Waals surface area (Å²) in [5.74, 6) is 0. The van der Waals surface area contributed by atoms with E-state index in [4.69, 9.17) is 0 Å². The summed E-state index contributed by atoms with van der Waals surface area (Å²) in [7, 11) is -4.16. The minimum atomic E-state index is -4.16. The first-order chi connectivity index (χ1) is 11.2. The van der Waals surface area contributed by atoms with Gasteiger partial charge in [0, 0.05) is 17.1 Å². The van der Waals surface area contributed by atoms with Gasteiger partial charge in [-0.15, -0.1) is 0 Å². The van der Waals surface area contributed by atoms with E-state index < -0.39 is 15.5 Å². The maximum Gasteiger partial charge on any atom is 0.286 e. The van der Waals surface area contributed by atoms with Crippen LogP contribution in [-0.2, 0) is 15.5 Å². The number of benzene rings is 2. The molecule has 4 nitrogen and oxygen atoms in total. The summed E-state index contributed by atoms with van der Waals surface area (Å²) in [5, 5.41) is 1.40. The van der Waals surface area contributed by atoms with Gasteiger partial charge >= 0.3 is 0 Å². The van der Waals surface area contributed by atoms with Crippen molar-refractivity contribution in [2.24, 2.45) is 0 Å². The van der Waals surface area contributed by atoms with E-state index in [1.165, 1.54) is 0 Å². The highest BCUT2D eigenvalue weighted by Crippen LogP contribution is 2.50. The molecule has 2 aromatic carbocycles. The Balaban J connectivity index is 2.28. The number of hydrogen-bond donors (Lipinski definition) is 1. The molecule has 0 bridgehead atoms. The van der Waals surface area contributed by atoms with Crippen molar-refractivity contribution in [1.29, 1.82) is 0 Å². The van der Waals surface area contributed by atoms with Crippen molar-refractivity contribution in [1.82, 2.24) is 0 Å². The summed E-state index contributed by atoms with van der Waals surface area (Å²) in [4.78, 5) is 1.90. The van der Waals surface area contributed by atoms with E-state index in [-0.39, 0.29) is 11.5 Å². The van der Waals surface area contributed by atoms with Crippen LogP contribution >= 0.6 is 0 Å². The minimum Gasteiger partial charge on any atom is -0.349 e. The molecule has 24 heavy (non-hydrogen) atoms. The predicted octanol–water partition coefficient (Wildman–Crippen LogP) is 4.34. The van der Waals surface area contributed by atoms with E-state index in [1.54, 1.807) is 0 Å². The van der Waals surface area contributed by atoms with Gasteiger partial charge in [0.15, 0.2) is 5.37 Å². The fourth-order valence-corrected chi connectivity index (χ4v) is 5.12. The van der Waals surface area contributed by atoms with Crippen LogP contribution < -0.4 is 4.90 Å². The third-order valence-electron chi connectivity index (χ3n) is 5.48. The lowest BCUT2D eigenvalue weighted by Gasteiger charge is -2.35. The highest BCUT2D eigenvalue weighted by Gasteiger charge is 2.47. The molecule has 1 N–H and O–H groups in total. The second-order valence-corrected chi connectivity index (χ2v) is 8.82. The zero-order valence-electron chi connectivity index (χ0n) is 14.7. The van der Waals surface area contributed by atoms with E-state index in [1.807, 2.05) is 43.0 Å². The Bertz CT molecular complexity index is 873. The molecule has 0 aliphatic carbocycles. The van der Waals surface area contributed by atoms with Crippen LogP contribution in [0.3, 0.4) is 0 Å². The molecule has 0 radical (unpaired) electrons. The van der Waals surface area contributed by atoms with Crippen LogP contribution in [0.1, 0.15) is 46.1 Å². The van der Waals surface area contributed by atoms with Gasteiger partial charge in [-0.1, -0.05) is 57.5 Å². The summed E-state index contributed by atoms with van der Waals surface area (Å²) in [6, 6.07) is 12.2. The van der Waals surface area contributed by atoms with Crippen LogP contribution in [-0.4, -0.2) is 24.4 Å². The van der Waals surface area contributed by atoms with Crippen LogP contribution in [0.15, 0.2) is 36.4 Å². The predicted molar refractivity (Wildman–Crippen MR) is 99.2 cm³/mol. The number of fused-ring (bicyclic) bond motifs is 3. The molecule has 2 aromatic rings. The molecule has 2 unspecified atom stereocenters. The second-order valence-electron chi connectivity index (χ2n) is 7.24. The second kappa shape index (κ2) is 5.74. The SMILES string of the molecule is CCCC(N1c2ccc3ccccc3c2C(C)(C)C1C)S(=O)(=O)O. The van der Waals surface area contributed by atoms with Crippen molar-refractivity contribution in [3.63, 3.8) is 0 Å². The van der Waals surface area contributed by atoms with Crippen molar-refractivity contribution in [2.45, 2.75) is 57.4 Å². The van der Waals surface area contributed by atoms with Crippen molar-refractivity contribution >= 4 is 26.6 Å². The maximum atomic E-state index is 12.1. The van der Waals surface area contributed by atoms with E-state index in [2.05, 4.69) is 26.0 Å². The van der Waals surface area contributed by atoms with Gasteiger partial charge < -0.3 is 4.90 Å². The van der Waals surface area contributed by atoms with Crippen LogP contribution in [0.2, 0.25) is 0 Å². The summed E-state index contributed by atoms with van der Waals surface area (Å²) in [6.07, 6.45) is 1.10. The van der Waals surface area contributed by atoms with E-state index >= 15 is 0 Å². The molecule has 0 saturated heterocycles. The normalized spacial score (nSPS) is 21.0. The Morgan fingerprint density at radius 3 is 2.50 bits per heavy atom. The van der Waals surface area contributed by atoms with Crippen molar-refractivity contribution in [3.05, 3.63) is 42.0 Å². The lowest BCUT2D eigenvalue weighted by molar-refractivity contribution is 0.407. The summed E-state index contributed by atoms with van der Waals surface area (Å²) >= 11 is 0. The highest BCUT2D eigenvalue weighted by atomic mass is 32.2. The third-order valence-corrected chi connectivity index (χ3v) is 6.63. The van der Waals surface area contributed by atoms with Crippen LogP contribution in [0.5, 0.6) is 0 Å². The topological polar surface area (TPSA) is 57.6 Å². The molecule has 0 aromatic heterocycles. The van der Waals surface area contributed by atoms with Crippen molar-refractivity contribution in [3.8, 4) is 0 Å². The molecule has 130 valence electrons. The first-order valence-electron chi connectivity index (χ1n) is 8.46. The Morgan fingerprint density at radius 1 is 1.21 bits per heavy atom. The molecule has 1 aliphatic rings. The lowest BCUT2D eigenvalue weighted by Crippen LogP contribution is -2.48. The zero-order valence-corrected chi connectivity index (χ0v) is 15.5. The Morgan fingerprint density at radius 2 is 1.88 bits per heavy atom. The fourth-order valence-electron chi connectivity index (χ4n) is 4.00. The van der Waals surface area contributed by atoms with Crippen molar-refractivity contribution in [2.75, 3.05) is 4.90 Å². The van der Waals surface area contributed by atoms with E-state index in [0.29, 0.717) is 12.8 Å². The van der Waals surface area contributed by atoms with Gasteiger partial charge in [-0.2, -0.15) is 8.42 Å². The molecule has 5 heteroatoms. The van der Waals surface area contributed by atoms with Gasteiger partial charge in [-0.25, -0.2) is 0 Å². The van der Waals surface area contributed by atoms with Crippen molar-refractivity contribution < 1.29 is 13.0 Å². The van der Waals surface area contributed by atoms with Crippen LogP contribution in [0.4, 0.5) is 5.69 Å². The van der Waals surface area contributed by atoms with E-state index in [9.17, 15) is 13.0 Å². The standard InChI is InChI=1S/C19H25NO3S/c1-5-8-17(24(21,22)23)20-13(2)19(3,4)18-15-10-7-6-9-14(15)11-12-16(18)20/h6-7,9-13,17H,5,8H2,1-4H3,(H,21,22,23). The number of anilines is 1. The molecule has 0 saturated carbocycles. The van der Waals surface area contributed by atoms with E-state index in [0.717, 1.165) is 22.0 Å². The largest absolute Gasteiger partial charge is 0.349 e. The number of nitrogens with zero attached hydrogens (tertiary/aromatic N) is 1. The summed E-state index contributed by atoms with van der Waals surface area (Å²) in [6.45, 7) is 8.28. The monoisotopic (exact) mass is 347 g/mol. The van der Waals surface area contributed by atoms with Gasteiger partial charge in [-0.3, -0.25) is 4.55 Å². The summed E-state index contributed by atoms with van der Waals surface area (Å²) < 4.78 is 33.9. The van der Waals surface area contributed by atoms with Gasteiger partial charge in [0.05, 0.1) is 0 Å². The highest BCUT2D eigenvalue weighted by molar-refractivity contribution is 7.86. The maximum absolute atomic E-state index is 12.1. The number of rotatable bonds is 4. The molecule has 2 atom stereocenters. The third kappa shape index (κ3) is 2.50. The van der Waals surface area contributed by atoms with Gasteiger partial charge in [0.2, 0.25) is 0 Å². The Labute approximate surface area is 144 Å². The first-order valence-corrected chi connectivity index (χ1v) is 9.96. The van der Waals surface area contributed by atoms with Gasteiger partial charge in [-0.05, 0) is 35.7 Å². The number of hydrogen-bond acceptors (Lipinski definition) is 3. The molecule has 0 spiro atoms. The Hall–Kier alpha value is -1.59. The first kappa shape index (κ1) is 17.2. The molecule has 3 rings (SSSR count). The van der Waals surface area contributed by atoms with Gasteiger partial charge in [0.25, 0.3) is 10.1 Å². The molecular weight excluding hydrogens is 322 g/mol. The zero-order chi connectivity index (χ0) is 17.7. The molecule has 0 fully saturated rings. The lowest BCUT2D eigenvalue weighted by atomic mass is 9.79. The quantitative estimate of drug-likeness (QED) is 0.836. The van der Waals surface area contributed by atoms with Crippen LogP contribution in [0, 0.1) is 0 Å². The van der Waals surface area contributed by atoms with Crippen LogP contribution in [0.25, 0.3) is 10.8 Å². The van der Waals surface area contributed by atoms with Gasteiger partial charge in [0.1, 0.15) is 0 Å². The average Bonchev–Trinajstić information content (AvgIpc) is 2.71. The fraction of sp³-hybridized carbons (Fsp3) is 0.474. The molecular formula is C19H25NO3S. The molecule has 0 amide bonds.